The van der Waals surface area contributed by atoms with Crippen LogP contribution < -0.4 is 10.1 Å². The lowest BCUT2D eigenvalue weighted by Crippen LogP contribution is -2.13. The Labute approximate surface area is 142 Å². The van der Waals surface area contributed by atoms with E-state index in [0.717, 1.165) is 28.0 Å². The molecule has 2 aromatic carbocycles. The zero-order valence-electron chi connectivity index (χ0n) is 14.1. The van der Waals surface area contributed by atoms with Crippen molar-refractivity contribution < 1.29 is 4.74 Å². The van der Waals surface area contributed by atoms with Crippen LogP contribution in [0.1, 0.15) is 30.1 Å². The predicted molar refractivity (Wildman–Crippen MR) is 98.6 cm³/mol. The van der Waals surface area contributed by atoms with Gasteiger partial charge in [-0.15, -0.1) is 0 Å². The molecule has 0 aliphatic heterocycles. The number of para-hydroxylation sites is 1. The van der Waals surface area contributed by atoms with Crippen LogP contribution in [0.25, 0.3) is 10.9 Å². The normalized spacial score (nSPS) is 15.2. The number of nitrogens with one attached hydrogen (secondary N) is 1. The number of rotatable bonds is 5. The third-order valence-electron chi connectivity index (χ3n) is 4.71. The molecule has 24 heavy (non-hydrogen) atoms. The number of aromatic nitrogens is 1. The minimum Gasteiger partial charge on any atom is -0.494 e. The maximum absolute atomic E-state index is 5.50. The van der Waals surface area contributed by atoms with E-state index in [-0.39, 0.29) is 0 Å². The van der Waals surface area contributed by atoms with Crippen molar-refractivity contribution in [3.05, 3.63) is 65.9 Å². The molecule has 1 atom stereocenters. The summed E-state index contributed by atoms with van der Waals surface area (Å²) >= 11 is 0. The van der Waals surface area contributed by atoms with Gasteiger partial charge in [0.2, 0.25) is 0 Å². The van der Waals surface area contributed by atoms with Crippen LogP contribution in [-0.2, 0) is 0 Å². The summed E-state index contributed by atoms with van der Waals surface area (Å²) in [5.41, 5.74) is 4.41. The molecule has 1 fully saturated rings. The highest BCUT2D eigenvalue weighted by Crippen LogP contribution is 2.44. The topological polar surface area (TPSA) is 34.1 Å². The van der Waals surface area contributed by atoms with Gasteiger partial charge in [-0.05, 0) is 43.4 Å². The summed E-state index contributed by atoms with van der Waals surface area (Å²) in [5, 5.41) is 4.91. The molecule has 3 aromatic rings. The molecule has 3 heteroatoms. The smallest absolute Gasteiger partial charge is 0.145 e. The molecule has 1 N–H and O–H groups in total. The molecule has 3 nitrogen and oxygen atoms in total. The van der Waals surface area contributed by atoms with Crippen molar-refractivity contribution in [1.82, 2.24) is 4.98 Å². The van der Waals surface area contributed by atoms with Crippen molar-refractivity contribution in [2.45, 2.75) is 25.8 Å². The number of pyridine rings is 1. The summed E-state index contributed by atoms with van der Waals surface area (Å²) < 4.78 is 5.50. The van der Waals surface area contributed by atoms with Gasteiger partial charge in [0, 0.05) is 16.8 Å². The highest BCUT2D eigenvalue weighted by molar-refractivity contribution is 5.95. The molecule has 0 radical (unpaired) electrons. The van der Waals surface area contributed by atoms with E-state index in [0.29, 0.717) is 12.0 Å². The van der Waals surface area contributed by atoms with Crippen molar-refractivity contribution >= 4 is 16.6 Å². The highest BCUT2D eigenvalue weighted by atomic mass is 16.5. The summed E-state index contributed by atoms with van der Waals surface area (Å²) in [6, 6.07) is 19.3. The lowest BCUT2D eigenvalue weighted by molar-refractivity contribution is 0.419. The largest absolute Gasteiger partial charge is 0.494 e. The molecule has 1 aliphatic carbocycles. The van der Waals surface area contributed by atoms with E-state index in [2.05, 4.69) is 52.8 Å². The Kier molecular flexibility index (Phi) is 3.85. The van der Waals surface area contributed by atoms with Crippen LogP contribution in [0.5, 0.6) is 5.75 Å². The number of fused-ring (bicyclic) bond motifs is 1. The standard InChI is InChI=1S/C21H22N2O/c1-14-13-18(17-9-6-10-19(24-2)21(17)22-14)23-20(16-11-12-16)15-7-4-3-5-8-15/h3-10,13,16,20H,11-12H2,1-2H3,(H,22,23). The van der Waals surface area contributed by atoms with Gasteiger partial charge >= 0.3 is 0 Å². The molecular weight excluding hydrogens is 296 g/mol. The van der Waals surface area contributed by atoms with Crippen molar-refractivity contribution in [3.8, 4) is 5.75 Å². The molecule has 1 saturated carbocycles. The van der Waals surface area contributed by atoms with Crippen LogP contribution in [-0.4, -0.2) is 12.1 Å². The van der Waals surface area contributed by atoms with Crippen molar-refractivity contribution in [2.24, 2.45) is 5.92 Å². The minimum atomic E-state index is 0.349. The fourth-order valence-corrected chi connectivity index (χ4v) is 3.37. The second kappa shape index (κ2) is 6.16. The van der Waals surface area contributed by atoms with Gasteiger partial charge in [-0.1, -0.05) is 42.5 Å². The fourth-order valence-electron chi connectivity index (χ4n) is 3.37. The van der Waals surface area contributed by atoms with Crippen LogP contribution in [0.15, 0.2) is 54.6 Å². The number of hydrogen-bond acceptors (Lipinski definition) is 3. The van der Waals surface area contributed by atoms with E-state index >= 15 is 0 Å². The van der Waals surface area contributed by atoms with Gasteiger partial charge in [0.25, 0.3) is 0 Å². The third-order valence-corrected chi connectivity index (χ3v) is 4.71. The second-order valence-corrected chi connectivity index (χ2v) is 6.54. The van der Waals surface area contributed by atoms with Crippen LogP contribution in [0.2, 0.25) is 0 Å². The fraction of sp³-hybridized carbons (Fsp3) is 0.286. The summed E-state index contributed by atoms with van der Waals surface area (Å²) in [5.74, 6) is 1.53. The lowest BCUT2D eigenvalue weighted by Gasteiger charge is -2.22. The minimum absolute atomic E-state index is 0.349. The van der Waals surface area contributed by atoms with E-state index < -0.39 is 0 Å². The molecule has 0 saturated heterocycles. The maximum Gasteiger partial charge on any atom is 0.145 e. The molecule has 1 unspecified atom stereocenters. The molecule has 1 aliphatic rings. The van der Waals surface area contributed by atoms with Gasteiger partial charge in [0.1, 0.15) is 11.3 Å². The van der Waals surface area contributed by atoms with Crippen LogP contribution in [0.4, 0.5) is 5.69 Å². The first-order valence-corrected chi connectivity index (χ1v) is 8.52. The summed E-state index contributed by atoms with van der Waals surface area (Å²) in [6.45, 7) is 2.03. The Bertz CT molecular complexity index is 856. The van der Waals surface area contributed by atoms with Crippen molar-refractivity contribution in [3.63, 3.8) is 0 Å². The number of ether oxygens (including phenoxy) is 1. The Balaban J connectivity index is 1.78. The summed E-state index contributed by atoms with van der Waals surface area (Å²) in [7, 11) is 1.70. The van der Waals surface area contributed by atoms with E-state index in [1.165, 1.54) is 18.4 Å². The van der Waals surface area contributed by atoms with Crippen molar-refractivity contribution in [2.75, 3.05) is 12.4 Å². The SMILES string of the molecule is COc1cccc2c(NC(c3ccccc3)C3CC3)cc(C)nc12. The monoisotopic (exact) mass is 318 g/mol. The van der Waals surface area contributed by atoms with Gasteiger partial charge in [0.05, 0.1) is 13.2 Å². The zero-order chi connectivity index (χ0) is 16.5. The molecule has 0 spiro atoms. The number of methoxy groups -OCH3 is 1. The molecule has 1 heterocycles. The quantitative estimate of drug-likeness (QED) is 0.709. The summed E-state index contributed by atoms with van der Waals surface area (Å²) in [6.07, 6.45) is 2.58. The van der Waals surface area contributed by atoms with E-state index in [1.807, 2.05) is 19.1 Å². The Morgan fingerprint density at radius 2 is 1.88 bits per heavy atom. The van der Waals surface area contributed by atoms with Crippen LogP contribution in [0.3, 0.4) is 0 Å². The number of nitrogens with zero attached hydrogens (tertiary/aromatic N) is 1. The molecule has 0 bridgehead atoms. The van der Waals surface area contributed by atoms with E-state index in [4.69, 9.17) is 4.74 Å². The van der Waals surface area contributed by atoms with E-state index in [1.54, 1.807) is 7.11 Å². The average Bonchev–Trinajstić information content (AvgIpc) is 3.44. The number of aryl methyl sites for hydroxylation is 1. The van der Waals surface area contributed by atoms with Gasteiger partial charge < -0.3 is 10.1 Å². The van der Waals surface area contributed by atoms with Gasteiger partial charge in [-0.3, -0.25) is 0 Å². The average molecular weight is 318 g/mol. The molecule has 1 aromatic heterocycles. The van der Waals surface area contributed by atoms with Gasteiger partial charge in [0.15, 0.2) is 0 Å². The zero-order valence-corrected chi connectivity index (χ0v) is 14.1. The number of anilines is 1. The molecule has 4 rings (SSSR count). The van der Waals surface area contributed by atoms with Crippen molar-refractivity contribution in [1.29, 1.82) is 0 Å². The first-order valence-electron chi connectivity index (χ1n) is 8.52. The highest BCUT2D eigenvalue weighted by Gasteiger charge is 2.32. The number of benzene rings is 2. The summed E-state index contributed by atoms with van der Waals surface area (Å²) in [4.78, 5) is 4.68. The second-order valence-electron chi connectivity index (χ2n) is 6.54. The first-order chi connectivity index (χ1) is 11.8. The predicted octanol–water partition coefficient (Wildman–Crippen LogP) is 5.12. The van der Waals surface area contributed by atoms with Crippen LogP contribution >= 0.6 is 0 Å². The number of hydrogen-bond donors (Lipinski definition) is 1. The maximum atomic E-state index is 5.50. The molecular formula is C21H22N2O. The Morgan fingerprint density at radius 3 is 2.58 bits per heavy atom. The Morgan fingerprint density at radius 1 is 1.08 bits per heavy atom. The molecule has 122 valence electrons. The van der Waals surface area contributed by atoms with Crippen LogP contribution in [0, 0.1) is 12.8 Å². The van der Waals surface area contributed by atoms with E-state index in [9.17, 15) is 0 Å². The van der Waals surface area contributed by atoms with Gasteiger partial charge in [-0.2, -0.15) is 0 Å². The first kappa shape index (κ1) is 15.0. The lowest BCUT2D eigenvalue weighted by atomic mass is 10.0. The van der Waals surface area contributed by atoms with Gasteiger partial charge in [-0.25, -0.2) is 4.98 Å². The third kappa shape index (κ3) is 2.82. The molecule has 0 amide bonds. The Hall–Kier alpha value is -2.55.